The van der Waals surface area contributed by atoms with Gasteiger partial charge in [-0.05, 0) is 56.6 Å². The Hall–Kier alpha value is -1.98. The van der Waals surface area contributed by atoms with E-state index in [4.69, 9.17) is 0 Å². The van der Waals surface area contributed by atoms with Crippen molar-refractivity contribution < 1.29 is 18.0 Å². The molecule has 0 bridgehead atoms. The fraction of sp³-hybridized carbons (Fsp3) is 0.690. The summed E-state index contributed by atoms with van der Waals surface area (Å²) in [5.74, 6) is -0.247. The van der Waals surface area contributed by atoms with Crippen LogP contribution in [0.3, 0.4) is 0 Å². The lowest BCUT2D eigenvalue weighted by atomic mass is 9.79. The van der Waals surface area contributed by atoms with E-state index in [2.05, 4.69) is 11.9 Å². The van der Waals surface area contributed by atoms with Crippen LogP contribution >= 0.6 is 0 Å². The number of amides is 1. The molecule has 35 heavy (non-hydrogen) atoms. The van der Waals surface area contributed by atoms with Gasteiger partial charge >= 0.3 is 6.18 Å². The predicted molar refractivity (Wildman–Crippen MR) is 134 cm³/mol. The third-order valence-corrected chi connectivity index (χ3v) is 8.41. The number of carbonyl (C=O) groups excluding carboxylic acids is 1. The Kier molecular flexibility index (Phi) is 8.82. The minimum atomic E-state index is -4.57. The van der Waals surface area contributed by atoms with E-state index in [0.29, 0.717) is 6.04 Å². The Balaban J connectivity index is 1.72. The number of halogens is 3. The molecule has 0 heterocycles. The van der Waals surface area contributed by atoms with Crippen molar-refractivity contribution in [3.63, 3.8) is 0 Å². The normalized spacial score (nSPS) is 21.9. The molecule has 0 saturated heterocycles. The lowest BCUT2D eigenvalue weighted by Gasteiger charge is -2.46. The summed E-state index contributed by atoms with van der Waals surface area (Å²) in [4.78, 5) is 16.0. The SMILES string of the molecule is C=C(NC1CCCCC1)C(C1CCCCC1)N(C(=O)c1ccccc1C(F)(F)F)C1CCCCC1. The van der Waals surface area contributed by atoms with Gasteiger partial charge in [-0.3, -0.25) is 4.79 Å². The van der Waals surface area contributed by atoms with Crippen molar-refractivity contribution in [3.05, 3.63) is 47.7 Å². The highest BCUT2D eigenvalue weighted by Gasteiger charge is 2.42. The molecule has 6 heteroatoms. The molecule has 0 radical (unpaired) electrons. The number of rotatable bonds is 7. The summed E-state index contributed by atoms with van der Waals surface area (Å²) in [6, 6.07) is 5.34. The van der Waals surface area contributed by atoms with Crippen LogP contribution in [0.15, 0.2) is 36.5 Å². The van der Waals surface area contributed by atoms with Gasteiger partial charge in [0.25, 0.3) is 5.91 Å². The molecular weight excluding hydrogens is 449 g/mol. The average Bonchev–Trinajstić information content (AvgIpc) is 2.88. The minimum absolute atomic E-state index is 0.0469. The largest absolute Gasteiger partial charge is 0.417 e. The van der Waals surface area contributed by atoms with Crippen LogP contribution in [0, 0.1) is 5.92 Å². The highest BCUT2D eigenvalue weighted by atomic mass is 19.4. The molecule has 3 aliphatic rings. The van der Waals surface area contributed by atoms with Crippen LogP contribution in [-0.2, 0) is 6.18 Å². The Morgan fingerprint density at radius 2 is 1.40 bits per heavy atom. The van der Waals surface area contributed by atoms with E-state index >= 15 is 0 Å². The topological polar surface area (TPSA) is 32.3 Å². The molecule has 1 N–H and O–H groups in total. The van der Waals surface area contributed by atoms with Gasteiger partial charge in [-0.25, -0.2) is 0 Å². The molecule has 4 rings (SSSR count). The van der Waals surface area contributed by atoms with Crippen LogP contribution in [-0.4, -0.2) is 28.9 Å². The first kappa shape index (κ1) is 26.1. The van der Waals surface area contributed by atoms with Crippen molar-refractivity contribution in [2.24, 2.45) is 5.92 Å². The molecule has 0 spiro atoms. The molecule has 3 aliphatic carbocycles. The third kappa shape index (κ3) is 6.42. The van der Waals surface area contributed by atoms with Gasteiger partial charge in [-0.1, -0.05) is 76.5 Å². The second-order valence-corrected chi connectivity index (χ2v) is 10.9. The van der Waals surface area contributed by atoms with Gasteiger partial charge in [0.15, 0.2) is 0 Å². The summed E-state index contributed by atoms with van der Waals surface area (Å²) in [6.45, 7) is 4.46. The lowest BCUT2D eigenvalue weighted by Crippen LogP contribution is -2.55. The van der Waals surface area contributed by atoms with E-state index in [1.807, 2.05) is 4.90 Å². The highest BCUT2D eigenvalue weighted by molar-refractivity contribution is 5.96. The number of benzene rings is 1. The second kappa shape index (κ2) is 11.8. The molecule has 194 valence electrons. The molecule has 1 unspecified atom stereocenters. The third-order valence-electron chi connectivity index (χ3n) is 8.41. The van der Waals surface area contributed by atoms with E-state index in [0.717, 1.165) is 82.4 Å². The maximum atomic E-state index is 14.1. The van der Waals surface area contributed by atoms with E-state index in [1.165, 1.54) is 37.8 Å². The Morgan fingerprint density at radius 1 is 0.857 bits per heavy atom. The van der Waals surface area contributed by atoms with Crippen molar-refractivity contribution in [1.82, 2.24) is 10.2 Å². The van der Waals surface area contributed by atoms with E-state index in [9.17, 15) is 18.0 Å². The fourth-order valence-electron chi connectivity index (χ4n) is 6.66. The predicted octanol–water partition coefficient (Wildman–Crippen LogP) is 7.87. The highest BCUT2D eigenvalue weighted by Crippen LogP contribution is 2.39. The second-order valence-electron chi connectivity index (χ2n) is 10.9. The van der Waals surface area contributed by atoms with Crippen LogP contribution in [0.5, 0.6) is 0 Å². The molecule has 1 aromatic carbocycles. The zero-order valence-electron chi connectivity index (χ0n) is 20.9. The van der Waals surface area contributed by atoms with Crippen LogP contribution in [0.4, 0.5) is 13.2 Å². The molecule has 1 atom stereocenters. The van der Waals surface area contributed by atoms with Crippen LogP contribution in [0.1, 0.15) is 112 Å². The number of alkyl halides is 3. The van der Waals surface area contributed by atoms with Gasteiger partial charge in [-0.2, -0.15) is 13.2 Å². The van der Waals surface area contributed by atoms with E-state index in [-0.39, 0.29) is 23.6 Å². The zero-order chi connectivity index (χ0) is 24.8. The Bertz CT molecular complexity index is 850. The van der Waals surface area contributed by atoms with Crippen LogP contribution in [0.2, 0.25) is 0 Å². The number of nitrogens with one attached hydrogen (secondary N) is 1. The number of nitrogens with zero attached hydrogens (tertiary/aromatic N) is 1. The summed E-state index contributed by atoms with van der Waals surface area (Å²) >= 11 is 0. The molecular formula is C29H41F3N2O. The monoisotopic (exact) mass is 490 g/mol. The molecule has 3 nitrogen and oxygen atoms in total. The zero-order valence-corrected chi connectivity index (χ0v) is 20.9. The summed E-state index contributed by atoms with van der Waals surface area (Å²) in [6.07, 6.45) is 11.4. The Morgan fingerprint density at radius 3 is 2.00 bits per heavy atom. The van der Waals surface area contributed by atoms with Crippen LogP contribution in [0.25, 0.3) is 0 Å². The van der Waals surface area contributed by atoms with Gasteiger partial charge in [0.1, 0.15) is 0 Å². The molecule has 0 aliphatic heterocycles. The lowest BCUT2D eigenvalue weighted by molar-refractivity contribution is -0.138. The molecule has 3 saturated carbocycles. The molecule has 1 amide bonds. The first-order valence-corrected chi connectivity index (χ1v) is 13.8. The van der Waals surface area contributed by atoms with Crippen molar-refractivity contribution in [1.29, 1.82) is 0 Å². The Labute approximate surface area is 208 Å². The molecule has 0 aromatic heterocycles. The smallest absolute Gasteiger partial charge is 0.384 e. The van der Waals surface area contributed by atoms with Gasteiger partial charge in [0.2, 0.25) is 0 Å². The van der Waals surface area contributed by atoms with Gasteiger partial charge in [0.05, 0.1) is 17.2 Å². The van der Waals surface area contributed by atoms with E-state index < -0.39 is 17.6 Å². The fourth-order valence-corrected chi connectivity index (χ4v) is 6.66. The van der Waals surface area contributed by atoms with Crippen molar-refractivity contribution in [2.75, 3.05) is 0 Å². The van der Waals surface area contributed by atoms with Crippen molar-refractivity contribution in [2.45, 2.75) is 121 Å². The van der Waals surface area contributed by atoms with Crippen molar-refractivity contribution >= 4 is 5.91 Å². The molecule has 1 aromatic rings. The minimum Gasteiger partial charge on any atom is -0.384 e. The quantitative estimate of drug-likeness (QED) is 0.422. The van der Waals surface area contributed by atoms with Gasteiger partial charge in [0, 0.05) is 17.8 Å². The maximum Gasteiger partial charge on any atom is 0.417 e. The standard InChI is InChI=1S/C29H41F3N2O/c1-21(33-23-15-7-3-8-16-23)27(22-13-5-2-6-14-22)34(24-17-9-4-10-18-24)28(35)25-19-11-12-20-26(25)29(30,31)32/h11-12,19-20,22-24,27,33H,1-10,13-18H2. The summed E-state index contributed by atoms with van der Waals surface area (Å²) in [5.41, 5.74) is -0.219. The first-order chi connectivity index (χ1) is 16.9. The number of hydrogen-bond acceptors (Lipinski definition) is 2. The summed E-state index contributed by atoms with van der Waals surface area (Å²) in [5, 5.41) is 3.68. The van der Waals surface area contributed by atoms with Crippen LogP contribution < -0.4 is 5.32 Å². The van der Waals surface area contributed by atoms with Crippen molar-refractivity contribution in [3.8, 4) is 0 Å². The number of carbonyl (C=O) groups is 1. The summed E-state index contributed by atoms with van der Waals surface area (Å²) in [7, 11) is 0. The summed E-state index contributed by atoms with van der Waals surface area (Å²) < 4.78 is 41.8. The van der Waals surface area contributed by atoms with Gasteiger partial charge in [-0.15, -0.1) is 0 Å². The van der Waals surface area contributed by atoms with Gasteiger partial charge < -0.3 is 10.2 Å². The average molecular weight is 491 g/mol. The van der Waals surface area contributed by atoms with E-state index in [1.54, 1.807) is 6.07 Å². The first-order valence-electron chi connectivity index (χ1n) is 13.8. The number of hydrogen-bond donors (Lipinski definition) is 1. The molecule has 3 fully saturated rings. The maximum absolute atomic E-state index is 14.1.